The Kier molecular flexibility index (Phi) is 2.75. The van der Waals surface area contributed by atoms with Crippen molar-refractivity contribution >= 4 is 0 Å². The van der Waals surface area contributed by atoms with Crippen molar-refractivity contribution in [2.45, 2.75) is 26.8 Å². The van der Waals surface area contributed by atoms with E-state index in [0.717, 1.165) is 17.1 Å². The second-order valence-electron chi connectivity index (χ2n) is 4.05. The third-order valence-corrected chi connectivity index (χ3v) is 2.71. The molecule has 0 bridgehead atoms. The highest BCUT2D eigenvalue weighted by Gasteiger charge is 2.13. The Bertz CT molecular complexity index is 499. The van der Waals surface area contributed by atoms with Gasteiger partial charge in [0.05, 0.1) is 11.4 Å². The van der Waals surface area contributed by atoms with Gasteiger partial charge in [-0.25, -0.2) is 4.68 Å². The van der Waals surface area contributed by atoms with E-state index in [1.807, 2.05) is 36.7 Å². The Labute approximate surface area is 95.1 Å². The fraction of sp³-hybridized carbons (Fsp3) is 0.333. The number of benzene rings is 1. The minimum absolute atomic E-state index is 0.0854. The molecular weight excluding hydrogens is 200 g/mol. The molecule has 1 heterocycles. The molecule has 2 rings (SSSR count). The van der Waals surface area contributed by atoms with E-state index in [4.69, 9.17) is 5.73 Å². The first-order valence-corrected chi connectivity index (χ1v) is 5.35. The van der Waals surface area contributed by atoms with Gasteiger partial charge >= 0.3 is 0 Å². The van der Waals surface area contributed by atoms with Crippen molar-refractivity contribution in [2.24, 2.45) is 5.73 Å². The molecule has 0 saturated carbocycles. The van der Waals surface area contributed by atoms with Crippen molar-refractivity contribution in [3.05, 3.63) is 41.2 Å². The molecule has 4 heteroatoms. The Hall–Kier alpha value is -1.68. The second kappa shape index (κ2) is 4.06. The minimum Gasteiger partial charge on any atom is -0.323 e. The molecule has 0 radical (unpaired) electrons. The van der Waals surface area contributed by atoms with Crippen LogP contribution in [0.3, 0.4) is 0 Å². The molecule has 0 aliphatic rings. The van der Waals surface area contributed by atoms with Gasteiger partial charge in [-0.3, -0.25) is 0 Å². The lowest BCUT2D eigenvalue weighted by atomic mass is 10.2. The normalized spacial score (nSPS) is 12.8. The maximum absolute atomic E-state index is 5.83. The molecule has 16 heavy (non-hydrogen) atoms. The predicted molar refractivity (Wildman–Crippen MR) is 63.4 cm³/mol. The third kappa shape index (κ3) is 1.72. The lowest BCUT2D eigenvalue weighted by molar-refractivity contribution is 0.755. The molecule has 0 aliphatic carbocycles. The van der Waals surface area contributed by atoms with E-state index < -0.39 is 0 Å². The Morgan fingerprint density at radius 1 is 1.25 bits per heavy atom. The number of aromatic nitrogens is 3. The number of hydrogen-bond acceptors (Lipinski definition) is 3. The number of para-hydroxylation sites is 1. The van der Waals surface area contributed by atoms with Crippen molar-refractivity contribution in [1.82, 2.24) is 15.0 Å². The van der Waals surface area contributed by atoms with Gasteiger partial charge in [0.15, 0.2) is 0 Å². The van der Waals surface area contributed by atoms with Crippen LogP contribution < -0.4 is 5.73 Å². The average molecular weight is 216 g/mol. The highest BCUT2D eigenvalue weighted by atomic mass is 15.4. The summed E-state index contributed by atoms with van der Waals surface area (Å²) in [6.07, 6.45) is 0. The standard InChI is InChI=1S/C12H16N4/c1-8-6-4-5-7-11(8)16-10(3)12(9(2)13)14-15-16/h4-7,9H,13H2,1-3H3. The fourth-order valence-electron chi connectivity index (χ4n) is 1.79. The molecule has 2 aromatic rings. The van der Waals surface area contributed by atoms with Crippen LogP contribution in [0.1, 0.15) is 29.9 Å². The quantitative estimate of drug-likeness (QED) is 0.834. The first kappa shape index (κ1) is 10.8. The van der Waals surface area contributed by atoms with Crippen LogP contribution in [0.25, 0.3) is 5.69 Å². The molecule has 1 atom stereocenters. The van der Waals surface area contributed by atoms with Crippen LogP contribution >= 0.6 is 0 Å². The molecule has 1 unspecified atom stereocenters. The summed E-state index contributed by atoms with van der Waals surface area (Å²) in [5.41, 5.74) is 9.91. The predicted octanol–water partition coefficient (Wildman–Crippen LogP) is 1.90. The maximum atomic E-state index is 5.83. The smallest absolute Gasteiger partial charge is 0.102 e. The molecule has 2 N–H and O–H groups in total. The van der Waals surface area contributed by atoms with E-state index in [1.54, 1.807) is 0 Å². The van der Waals surface area contributed by atoms with E-state index in [-0.39, 0.29) is 6.04 Å². The summed E-state index contributed by atoms with van der Waals surface area (Å²) in [4.78, 5) is 0. The highest BCUT2D eigenvalue weighted by Crippen LogP contribution is 2.18. The molecule has 0 aliphatic heterocycles. The van der Waals surface area contributed by atoms with Crippen molar-refractivity contribution in [2.75, 3.05) is 0 Å². The Morgan fingerprint density at radius 3 is 2.50 bits per heavy atom. The monoisotopic (exact) mass is 216 g/mol. The van der Waals surface area contributed by atoms with E-state index in [2.05, 4.69) is 23.3 Å². The highest BCUT2D eigenvalue weighted by molar-refractivity contribution is 5.40. The van der Waals surface area contributed by atoms with Crippen LogP contribution in [0.15, 0.2) is 24.3 Å². The second-order valence-corrected chi connectivity index (χ2v) is 4.05. The van der Waals surface area contributed by atoms with Gasteiger partial charge in [0.25, 0.3) is 0 Å². The number of nitrogens with zero attached hydrogens (tertiary/aromatic N) is 3. The summed E-state index contributed by atoms with van der Waals surface area (Å²) in [5, 5.41) is 8.28. The molecule has 0 saturated heterocycles. The number of hydrogen-bond donors (Lipinski definition) is 1. The van der Waals surface area contributed by atoms with Crippen LogP contribution in [-0.2, 0) is 0 Å². The molecular formula is C12H16N4. The van der Waals surface area contributed by atoms with Gasteiger partial charge in [-0.1, -0.05) is 23.4 Å². The van der Waals surface area contributed by atoms with Crippen molar-refractivity contribution in [3.8, 4) is 5.69 Å². The van der Waals surface area contributed by atoms with Gasteiger partial charge in [0.1, 0.15) is 5.69 Å². The first-order chi connectivity index (χ1) is 7.61. The van der Waals surface area contributed by atoms with Crippen LogP contribution in [0.2, 0.25) is 0 Å². The summed E-state index contributed by atoms with van der Waals surface area (Å²) in [7, 11) is 0. The molecule has 84 valence electrons. The molecule has 1 aromatic carbocycles. The largest absolute Gasteiger partial charge is 0.323 e. The topological polar surface area (TPSA) is 56.7 Å². The Balaban J connectivity index is 2.54. The summed E-state index contributed by atoms with van der Waals surface area (Å²) < 4.78 is 1.84. The van der Waals surface area contributed by atoms with Crippen molar-refractivity contribution < 1.29 is 0 Å². The zero-order chi connectivity index (χ0) is 11.7. The zero-order valence-electron chi connectivity index (χ0n) is 9.81. The maximum Gasteiger partial charge on any atom is 0.102 e. The molecule has 1 aromatic heterocycles. The lowest BCUT2D eigenvalue weighted by Gasteiger charge is -2.07. The molecule has 0 fully saturated rings. The first-order valence-electron chi connectivity index (χ1n) is 5.35. The molecule has 0 spiro atoms. The number of rotatable bonds is 2. The number of nitrogens with two attached hydrogens (primary N) is 1. The summed E-state index contributed by atoms with van der Waals surface area (Å²) in [5.74, 6) is 0. The van der Waals surface area contributed by atoms with E-state index in [9.17, 15) is 0 Å². The van der Waals surface area contributed by atoms with Crippen LogP contribution in [-0.4, -0.2) is 15.0 Å². The fourth-order valence-corrected chi connectivity index (χ4v) is 1.79. The summed E-state index contributed by atoms with van der Waals surface area (Å²) in [6, 6.07) is 8.01. The number of aryl methyl sites for hydroxylation is 1. The zero-order valence-corrected chi connectivity index (χ0v) is 9.81. The SMILES string of the molecule is Cc1ccccc1-n1nnc(C(C)N)c1C. The van der Waals surface area contributed by atoms with Gasteiger partial charge in [-0.15, -0.1) is 5.10 Å². The van der Waals surface area contributed by atoms with Crippen molar-refractivity contribution in [1.29, 1.82) is 0 Å². The van der Waals surface area contributed by atoms with Crippen LogP contribution in [0.5, 0.6) is 0 Å². The van der Waals surface area contributed by atoms with Gasteiger partial charge < -0.3 is 5.73 Å². The third-order valence-electron chi connectivity index (χ3n) is 2.71. The van der Waals surface area contributed by atoms with Gasteiger partial charge in [-0.2, -0.15) is 0 Å². The average Bonchev–Trinajstić information content (AvgIpc) is 2.61. The summed E-state index contributed by atoms with van der Waals surface area (Å²) in [6.45, 7) is 5.96. The lowest BCUT2D eigenvalue weighted by Crippen LogP contribution is -2.08. The Morgan fingerprint density at radius 2 is 1.94 bits per heavy atom. The molecule has 0 amide bonds. The van der Waals surface area contributed by atoms with Crippen LogP contribution in [0, 0.1) is 13.8 Å². The van der Waals surface area contributed by atoms with Gasteiger partial charge in [0, 0.05) is 6.04 Å². The van der Waals surface area contributed by atoms with E-state index in [1.165, 1.54) is 5.56 Å². The van der Waals surface area contributed by atoms with E-state index in [0.29, 0.717) is 0 Å². The minimum atomic E-state index is -0.0854. The summed E-state index contributed by atoms with van der Waals surface area (Å²) >= 11 is 0. The van der Waals surface area contributed by atoms with Gasteiger partial charge in [0.2, 0.25) is 0 Å². The van der Waals surface area contributed by atoms with Crippen molar-refractivity contribution in [3.63, 3.8) is 0 Å². The molecule has 4 nitrogen and oxygen atoms in total. The van der Waals surface area contributed by atoms with E-state index >= 15 is 0 Å². The van der Waals surface area contributed by atoms with Gasteiger partial charge in [-0.05, 0) is 32.4 Å². The van der Waals surface area contributed by atoms with Crippen LogP contribution in [0.4, 0.5) is 0 Å².